The highest BCUT2D eigenvalue weighted by Crippen LogP contribution is 2.20. The van der Waals surface area contributed by atoms with Crippen LogP contribution in [0.3, 0.4) is 0 Å². The van der Waals surface area contributed by atoms with Gasteiger partial charge in [-0.1, -0.05) is 56.3 Å². The van der Waals surface area contributed by atoms with Crippen molar-refractivity contribution in [2.24, 2.45) is 5.92 Å². The monoisotopic (exact) mass is 321 g/mol. The quantitative estimate of drug-likeness (QED) is 0.728. The van der Waals surface area contributed by atoms with Crippen LogP contribution in [0.2, 0.25) is 0 Å². The van der Waals surface area contributed by atoms with Crippen molar-refractivity contribution < 1.29 is 4.79 Å². The fourth-order valence-electron chi connectivity index (χ4n) is 3.02. The Morgan fingerprint density at radius 2 is 1.88 bits per heavy atom. The van der Waals surface area contributed by atoms with E-state index >= 15 is 0 Å². The predicted molar refractivity (Wildman–Crippen MR) is 98.0 cm³/mol. The summed E-state index contributed by atoms with van der Waals surface area (Å²) in [4.78, 5) is 12.2. The molecule has 24 heavy (non-hydrogen) atoms. The number of amides is 1. The highest BCUT2D eigenvalue weighted by Gasteiger charge is 2.14. The van der Waals surface area contributed by atoms with Crippen molar-refractivity contribution in [1.29, 1.82) is 0 Å². The lowest BCUT2D eigenvalue weighted by atomic mass is 10.0. The van der Waals surface area contributed by atoms with Gasteiger partial charge < -0.3 is 5.32 Å². The molecule has 0 fully saturated rings. The van der Waals surface area contributed by atoms with Gasteiger partial charge >= 0.3 is 0 Å². The first-order valence-corrected chi connectivity index (χ1v) is 8.51. The topological polar surface area (TPSA) is 46.9 Å². The Hall–Kier alpha value is -2.62. The largest absolute Gasteiger partial charge is 0.323 e. The molecule has 0 spiro atoms. The van der Waals surface area contributed by atoms with Gasteiger partial charge in [-0.05, 0) is 29.2 Å². The van der Waals surface area contributed by atoms with E-state index in [0.29, 0.717) is 6.54 Å². The van der Waals surface area contributed by atoms with E-state index in [-0.39, 0.29) is 11.8 Å². The first-order valence-electron chi connectivity index (χ1n) is 8.51. The minimum atomic E-state index is 0.0615. The molecule has 0 aliphatic carbocycles. The third-order valence-corrected chi connectivity index (χ3v) is 4.47. The highest BCUT2D eigenvalue weighted by atomic mass is 16.1. The normalized spacial score (nSPS) is 11.1. The van der Waals surface area contributed by atoms with Crippen molar-refractivity contribution in [3.8, 4) is 0 Å². The number of benzene rings is 2. The van der Waals surface area contributed by atoms with E-state index in [1.807, 2.05) is 30.8 Å². The number of anilines is 1. The summed E-state index contributed by atoms with van der Waals surface area (Å²) in [5.74, 6) is 0.135. The van der Waals surface area contributed by atoms with Crippen LogP contribution < -0.4 is 5.32 Å². The van der Waals surface area contributed by atoms with E-state index in [2.05, 4.69) is 46.8 Å². The Kier molecular flexibility index (Phi) is 4.94. The molecule has 4 heteroatoms. The molecule has 0 saturated heterocycles. The lowest BCUT2D eigenvalue weighted by molar-refractivity contribution is -0.120. The number of hydrogen-bond acceptors (Lipinski definition) is 2. The highest BCUT2D eigenvalue weighted by molar-refractivity contribution is 5.92. The van der Waals surface area contributed by atoms with Gasteiger partial charge in [-0.2, -0.15) is 5.10 Å². The Labute approximate surface area is 142 Å². The van der Waals surface area contributed by atoms with Gasteiger partial charge in [0.2, 0.25) is 5.91 Å². The molecule has 1 N–H and O–H groups in total. The summed E-state index contributed by atoms with van der Waals surface area (Å²) in [6.45, 7) is 4.76. The van der Waals surface area contributed by atoms with Crippen molar-refractivity contribution in [3.05, 3.63) is 60.4 Å². The van der Waals surface area contributed by atoms with Crippen molar-refractivity contribution in [1.82, 2.24) is 9.78 Å². The molecule has 124 valence electrons. The SMILES string of the molecule is CCC(CC)C(=O)Nc1cnn(Cc2cccc3ccccc23)c1. The van der Waals surface area contributed by atoms with Gasteiger partial charge in [0, 0.05) is 12.1 Å². The Bertz CT molecular complexity index is 828. The molecule has 4 nitrogen and oxygen atoms in total. The maximum atomic E-state index is 12.2. The summed E-state index contributed by atoms with van der Waals surface area (Å²) in [7, 11) is 0. The molecule has 0 atom stereocenters. The number of carbonyl (C=O) groups is 1. The number of carbonyl (C=O) groups excluding carboxylic acids is 1. The summed E-state index contributed by atoms with van der Waals surface area (Å²) in [5.41, 5.74) is 1.97. The maximum absolute atomic E-state index is 12.2. The molecule has 1 amide bonds. The molecule has 1 heterocycles. The van der Waals surface area contributed by atoms with Gasteiger partial charge in [-0.25, -0.2) is 0 Å². The molecule has 0 unspecified atom stereocenters. The van der Waals surface area contributed by atoms with Gasteiger partial charge in [0.05, 0.1) is 18.4 Å². The second-order valence-electron chi connectivity index (χ2n) is 6.07. The van der Waals surface area contributed by atoms with Crippen molar-refractivity contribution in [2.45, 2.75) is 33.2 Å². The molecule has 0 aliphatic heterocycles. The zero-order valence-electron chi connectivity index (χ0n) is 14.2. The molecule has 0 saturated carbocycles. The average molecular weight is 321 g/mol. The fraction of sp³-hybridized carbons (Fsp3) is 0.300. The molecule has 3 rings (SSSR count). The van der Waals surface area contributed by atoms with Gasteiger partial charge in [-0.15, -0.1) is 0 Å². The zero-order chi connectivity index (χ0) is 16.9. The van der Waals surface area contributed by atoms with Crippen molar-refractivity contribution >= 4 is 22.4 Å². The van der Waals surface area contributed by atoms with E-state index in [1.165, 1.54) is 16.3 Å². The fourth-order valence-corrected chi connectivity index (χ4v) is 3.02. The first-order chi connectivity index (χ1) is 11.7. The van der Waals surface area contributed by atoms with Gasteiger partial charge in [0.25, 0.3) is 0 Å². The van der Waals surface area contributed by atoms with E-state index in [1.54, 1.807) is 6.20 Å². The summed E-state index contributed by atoms with van der Waals surface area (Å²) >= 11 is 0. The van der Waals surface area contributed by atoms with E-state index in [9.17, 15) is 4.79 Å². The Morgan fingerprint density at radius 3 is 2.67 bits per heavy atom. The molecule has 1 aromatic heterocycles. The summed E-state index contributed by atoms with van der Waals surface area (Å²) < 4.78 is 1.87. The lowest BCUT2D eigenvalue weighted by Gasteiger charge is -2.11. The van der Waals surface area contributed by atoms with E-state index in [4.69, 9.17) is 0 Å². The standard InChI is InChI=1S/C20H23N3O/c1-3-15(4-2)20(24)22-18-12-21-23(14-18)13-17-10-7-9-16-8-5-6-11-19(16)17/h5-12,14-15H,3-4,13H2,1-2H3,(H,22,24). The van der Waals surface area contributed by atoms with Crippen LogP contribution in [0.15, 0.2) is 54.9 Å². The van der Waals surface area contributed by atoms with E-state index < -0.39 is 0 Å². The second kappa shape index (κ2) is 7.30. The van der Waals surface area contributed by atoms with Crippen LogP contribution >= 0.6 is 0 Å². The maximum Gasteiger partial charge on any atom is 0.227 e. The first kappa shape index (κ1) is 16.2. The molecule has 3 aromatic rings. The van der Waals surface area contributed by atoms with Crippen molar-refractivity contribution in [2.75, 3.05) is 5.32 Å². The number of aromatic nitrogens is 2. The smallest absolute Gasteiger partial charge is 0.227 e. The minimum absolute atomic E-state index is 0.0615. The molecular weight excluding hydrogens is 298 g/mol. The van der Waals surface area contributed by atoms with Gasteiger partial charge in [-0.3, -0.25) is 9.48 Å². The van der Waals surface area contributed by atoms with Crippen LogP contribution in [0.5, 0.6) is 0 Å². The molecule has 0 bridgehead atoms. The molecule has 2 aromatic carbocycles. The van der Waals surface area contributed by atoms with Crippen LogP contribution in [0, 0.1) is 5.92 Å². The van der Waals surface area contributed by atoms with Crippen LogP contribution in [0.1, 0.15) is 32.3 Å². The van der Waals surface area contributed by atoms with Gasteiger partial charge in [0.15, 0.2) is 0 Å². The third-order valence-electron chi connectivity index (χ3n) is 4.47. The number of rotatable bonds is 6. The molecular formula is C20H23N3O. The zero-order valence-corrected chi connectivity index (χ0v) is 14.2. The number of nitrogens with zero attached hydrogens (tertiary/aromatic N) is 2. The Morgan fingerprint density at radius 1 is 1.12 bits per heavy atom. The Balaban J connectivity index is 1.75. The molecule has 0 aliphatic rings. The minimum Gasteiger partial charge on any atom is -0.323 e. The number of nitrogens with one attached hydrogen (secondary N) is 1. The average Bonchev–Trinajstić information content (AvgIpc) is 3.03. The lowest BCUT2D eigenvalue weighted by Crippen LogP contribution is -2.21. The number of hydrogen-bond donors (Lipinski definition) is 1. The van der Waals surface area contributed by atoms with E-state index in [0.717, 1.165) is 18.5 Å². The van der Waals surface area contributed by atoms with Gasteiger partial charge in [0.1, 0.15) is 0 Å². The predicted octanol–water partition coefficient (Wildman–Crippen LogP) is 4.46. The summed E-state index contributed by atoms with van der Waals surface area (Å²) in [6.07, 6.45) is 5.31. The van der Waals surface area contributed by atoms with Crippen LogP contribution in [-0.4, -0.2) is 15.7 Å². The molecule has 0 radical (unpaired) electrons. The van der Waals surface area contributed by atoms with Crippen LogP contribution in [0.25, 0.3) is 10.8 Å². The van der Waals surface area contributed by atoms with Crippen molar-refractivity contribution in [3.63, 3.8) is 0 Å². The van der Waals surface area contributed by atoms with Crippen LogP contribution in [-0.2, 0) is 11.3 Å². The second-order valence-corrected chi connectivity index (χ2v) is 6.07. The summed E-state index contributed by atoms with van der Waals surface area (Å²) in [5, 5.41) is 9.81. The van der Waals surface area contributed by atoms with Crippen LogP contribution in [0.4, 0.5) is 5.69 Å². The summed E-state index contributed by atoms with van der Waals surface area (Å²) in [6, 6.07) is 14.6. The number of fused-ring (bicyclic) bond motifs is 1. The third kappa shape index (κ3) is 3.48.